The van der Waals surface area contributed by atoms with Crippen molar-refractivity contribution in [2.45, 2.75) is 57.3 Å². The van der Waals surface area contributed by atoms with E-state index in [4.69, 9.17) is 10.2 Å². The van der Waals surface area contributed by atoms with Crippen LogP contribution in [0.5, 0.6) is 5.75 Å². The zero-order valence-corrected chi connectivity index (χ0v) is 12.7. The molecule has 0 aliphatic carbocycles. The molecule has 0 aliphatic rings. The number of phenols is 1. The lowest BCUT2D eigenvalue weighted by Crippen LogP contribution is -2.02. The largest absolute Gasteiger partial charge is 0.508 e. The Morgan fingerprint density at radius 3 is 1.68 bits per heavy atom. The standard InChI is InChI=1S/C17H24O5/c18-15-11-9-14(10-12-15)13(5-1-3-7-16(19)20)6-2-4-8-17(21)22/h9-13,18H,1-8H2,(H,19,20)(H,21,22). The first-order valence-corrected chi connectivity index (χ1v) is 7.71. The molecule has 5 heteroatoms. The van der Waals surface area contributed by atoms with Gasteiger partial charge in [-0.2, -0.15) is 0 Å². The van der Waals surface area contributed by atoms with E-state index in [-0.39, 0.29) is 24.5 Å². The predicted octanol–water partition coefficient (Wildman–Crippen LogP) is 3.77. The van der Waals surface area contributed by atoms with Crippen LogP contribution in [0.25, 0.3) is 0 Å². The second-order valence-corrected chi connectivity index (χ2v) is 5.57. The fraction of sp³-hybridized carbons (Fsp3) is 0.529. The van der Waals surface area contributed by atoms with Crippen LogP contribution in [0.15, 0.2) is 24.3 Å². The van der Waals surface area contributed by atoms with Gasteiger partial charge in [-0.3, -0.25) is 9.59 Å². The lowest BCUT2D eigenvalue weighted by atomic mass is 9.88. The van der Waals surface area contributed by atoms with Gasteiger partial charge in [0.1, 0.15) is 5.75 Å². The second-order valence-electron chi connectivity index (χ2n) is 5.57. The SMILES string of the molecule is O=C(O)CCCCC(CCCCC(=O)O)c1ccc(O)cc1. The summed E-state index contributed by atoms with van der Waals surface area (Å²) in [6.45, 7) is 0. The van der Waals surface area contributed by atoms with Crippen LogP contribution in [0.2, 0.25) is 0 Å². The Labute approximate surface area is 130 Å². The molecule has 0 saturated carbocycles. The molecule has 0 fully saturated rings. The third-order valence-electron chi connectivity index (χ3n) is 3.75. The van der Waals surface area contributed by atoms with Gasteiger partial charge in [-0.05, 0) is 49.3 Å². The third-order valence-corrected chi connectivity index (χ3v) is 3.75. The number of rotatable bonds is 11. The number of carboxylic acid groups (broad SMARTS) is 2. The van der Waals surface area contributed by atoms with Gasteiger partial charge in [0, 0.05) is 12.8 Å². The molecule has 0 amide bonds. The van der Waals surface area contributed by atoms with Crippen molar-refractivity contribution in [2.24, 2.45) is 0 Å². The zero-order valence-electron chi connectivity index (χ0n) is 12.7. The summed E-state index contributed by atoms with van der Waals surface area (Å²) in [5.41, 5.74) is 1.11. The van der Waals surface area contributed by atoms with Gasteiger partial charge in [-0.1, -0.05) is 25.0 Å². The highest BCUT2D eigenvalue weighted by Gasteiger charge is 2.12. The number of carboxylic acids is 2. The van der Waals surface area contributed by atoms with Gasteiger partial charge in [0.15, 0.2) is 0 Å². The number of benzene rings is 1. The van der Waals surface area contributed by atoms with Crippen molar-refractivity contribution < 1.29 is 24.9 Å². The number of carbonyl (C=O) groups is 2. The van der Waals surface area contributed by atoms with E-state index in [0.29, 0.717) is 12.8 Å². The highest BCUT2D eigenvalue weighted by atomic mass is 16.4. The Kier molecular flexibility index (Phi) is 8.04. The van der Waals surface area contributed by atoms with E-state index in [9.17, 15) is 14.7 Å². The summed E-state index contributed by atoms with van der Waals surface area (Å²) in [5, 5.41) is 26.7. The second kappa shape index (κ2) is 9.82. The number of hydrogen-bond acceptors (Lipinski definition) is 3. The number of unbranched alkanes of at least 4 members (excludes halogenated alkanes) is 2. The molecule has 0 spiro atoms. The summed E-state index contributed by atoms with van der Waals surface area (Å²) in [6, 6.07) is 7.07. The van der Waals surface area contributed by atoms with E-state index >= 15 is 0 Å². The van der Waals surface area contributed by atoms with Crippen LogP contribution < -0.4 is 0 Å². The summed E-state index contributed by atoms with van der Waals surface area (Å²) < 4.78 is 0. The molecule has 0 heterocycles. The Bertz CT molecular complexity index is 444. The molecule has 22 heavy (non-hydrogen) atoms. The average Bonchev–Trinajstić information content (AvgIpc) is 2.46. The Balaban J connectivity index is 2.50. The van der Waals surface area contributed by atoms with Crippen molar-refractivity contribution in [1.29, 1.82) is 0 Å². The molecule has 0 unspecified atom stereocenters. The van der Waals surface area contributed by atoms with Crippen LogP contribution >= 0.6 is 0 Å². The minimum Gasteiger partial charge on any atom is -0.508 e. The summed E-state index contributed by atoms with van der Waals surface area (Å²) in [4.78, 5) is 21.1. The predicted molar refractivity (Wildman–Crippen MR) is 83.1 cm³/mol. The summed E-state index contributed by atoms with van der Waals surface area (Å²) in [6.07, 6.45) is 5.09. The summed E-state index contributed by atoms with van der Waals surface area (Å²) in [5.74, 6) is -1.05. The van der Waals surface area contributed by atoms with Gasteiger partial charge in [0.25, 0.3) is 0 Å². The van der Waals surface area contributed by atoms with Gasteiger partial charge >= 0.3 is 11.9 Å². The van der Waals surface area contributed by atoms with Crippen molar-refractivity contribution in [3.05, 3.63) is 29.8 Å². The first-order chi connectivity index (χ1) is 10.5. The van der Waals surface area contributed by atoms with Gasteiger partial charge in [-0.15, -0.1) is 0 Å². The van der Waals surface area contributed by atoms with E-state index in [1.807, 2.05) is 12.1 Å². The van der Waals surface area contributed by atoms with Crippen LogP contribution in [0.3, 0.4) is 0 Å². The first-order valence-electron chi connectivity index (χ1n) is 7.71. The van der Waals surface area contributed by atoms with E-state index in [1.165, 1.54) is 0 Å². The molecule has 0 aliphatic heterocycles. The lowest BCUT2D eigenvalue weighted by Gasteiger charge is -2.17. The third kappa shape index (κ3) is 7.67. The van der Waals surface area contributed by atoms with Crippen LogP contribution in [0.4, 0.5) is 0 Å². The molecule has 0 radical (unpaired) electrons. The van der Waals surface area contributed by atoms with Gasteiger partial charge < -0.3 is 15.3 Å². The van der Waals surface area contributed by atoms with Gasteiger partial charge in [-0.25, -0.2) is 0 Å². The van der Waals surface area contributed by atoms with E-state index < -0.39 is 11.9 Å². The fourth-order valence-corrected chi connectivity index (χ4v) is 2.56. The van der Waals surface area contributed by atoms with Crippen molar-refractivity contribution in [2.75, 3.05) is 0 Å². The van der Waals surface area contributed by atoms with Crippen LogP contribution in [-0.4, -0.2) is 27.3 Å². The normalized spacial score (nSPS) is 10.8. The number of aliphatic carboxylic acids is 2. The molecule has 3 N–H and O–H groups in total. The molecular formula is C17H24O5. The molecule has 5 nitrogen and oxygen atoms in total. The van der Waals surface area contributed by atoms with Gasteiger partial charge in [0.2, 0.25) is 0 Å². The minimum atomic E-state index is -0.775. The summed E-state index contributed by atoms with van der Waals surface area (Å²) in [7, 11) is 0. The molecule has 0 aromatic heterocycles. The molecule has 122 valence electrons. The average molecular weight is 308 g/mol. The quantitative estimate of drug-likeness (QED) is 0.541. The Hall–Kier alpha value is -2.04. The maximum Gasteiger partial charge on any atom is 0.303 e. The van der Waals surface area contributed by atoms with Crippen LogP contribution in [0, 0.1) is 0 Å². The maximum atomic E-state index is 10.5. The number of phenolic OH excluding ortho intramolecular Hbond substituents is 1. The van der Waals surface area contributed by atoms with E-state index in [2.05, 4.69) is 0 Å². The molecule has 0 bridgehead atoms. The van der Waals surface area contributed by atoms with E-state index in [1.54, 1.807) is 12.1 Å². The fourth-order valence-electron chi connectivity index (χ4n) is 2.56. The number of aromatic hydroxyl groups is 1. The first kappa shape index (κ1) is 18.0. The highest BCUT2D eigenvalue weighted by Crippen LogP contribution is 2.29. The lowest BCUT2D eigenvalue weighted by molar-refractivity contribution is -0.138. The highest BCUT2D eigenvalue weighted by molar-refractivity contribution is 5.66. The minimum absolute atomic E-state index is 0.182. The topological polar surface area (TPSA) is 94.8 Å². The molecular weight excluding hydrogens is 284 g/mol. The van der Waals surface area contributed by atoms with Crippen molar-refractivity contribution in [3.63, 3.8) is 0 Å². The van der Waals surface area contributed by atoms with Crippen molar-refractivity contribution >= 4 is 11.9 Å². The van der Waals surface area contributed by atoms with Crippen molar-refractivity contribution in [3.8, 4) is 5.75 Å². The molecule has 1 rings (SSSR count). The maximum absolute atomic E-state index is 10.5. The smallest absolute Gasteiger partial charge is 0.303 e. The van der Waals surface area contributed by atoms with Gasteiger partial charge in [0.05, 0.1) is 0 Å². The molecule has 1 aromatic carbocycles. The summed E-state index contributed by atoms with van der Waals surface area (Å²) >= 11 is 0. The molecule has 1 aromatic rings. The van der Waals surface area contributed by atoms with E-state index in [0.717, 1.165) is 31.2 Å². The van der Waals surface area contributed by atoms with Crippen molar-refractivity contribution in [1.82, 2.24) is 0 Å². The Morgan fingerprint density at radius 2 is 1.27 bits per heavy atom. The molecule has 0 saturated heterocycles. The Morgan fingerprint density at radius 1 is 0.818 bits per heavy atom. The monoisotopic (exact) mass is 308 g/mol. The van der Waals surface area contributed by atoms with Crippen LogP contribution in [0.1, 0.15) is 62.8 Å². The zero-order chi connectivity index (χ0) is 16.4. The number of hydrogen-bond donors (Lipinski definition) is 3. The molecule has 0 atom stereocenters. The van der Waals surface area contributed by atoms with Crippen LogP contribution in [-0.2, 0) is 9.59 Å².